The number of methoxy groups -OCH3 is 1. The fraction of sp³-hybridized carbons (Fsp3) is 0.250. The molecule has 130 valence electrons. The van der Waals surface area contributed by atoms with Gasteiger partial charge in [0.05, 0.1) is 19.4 Å². The summed E-state index contributed by atoms with van der Waals surface area (Å²) in [6, 6.07) is 13.6. The highest BCUT2D eigenvalue weighted by Gasteiger charge is 2.10. The number of carbonyl (C=O) groups is 1. The van der Waals surface area contributed by atoms with Gasteiger partial charge in [-0.05, 0) is 55.8 Å². The summed E-state index contributed by atoms with van der Waals surface area (Å²) in [6.07, 6.45) is 1.91. The van der Waals surface area contributed by atoms with Crippen LogP contribution in [-0.2, 0) is 11.3 Å². The van der Waals surface area contributed by atoms with Gasteiger partial charge < -0.3 is 19.4 Å². The average molecular weight is 338 g/mol. The maximum atomic E-state index is 12.5. The third-order valence-electron chi connectivity index (χ3n) is 4.00. The van der Waals surface area contributed by atoms with Crippen LogP contribution in [0.25, 0.3) is 10.9 Å². The normalized spacial score (nSPS) is 10.7. The van der Waals surface area contributed by atoms with Crippen molar-refractivity contribution in [3.05, 3.63) is 54.2 Å². The summed E-state index contributed by atoms with van der Waals surface area (Å²) in [6.45, 7) is 4.80. The molecule has 3 aromatic rings. The van der Waals surface area contributed by atoms with E-state index >= 15 is 0 Å². The summed E-state index contributed by atoms with van der Waals surface area (Å²) in [5.41, 5.74) is 2.74. The van der Waals surface area contributed by atoms with Crippen molar-refractivity contribution in [2.45, 2.75) is 20.4 Å². The quantitative estimate of drug-likeness (QED) is 0.739. The Labute approximate surface area is 147 Å². The number of benzene rings is 2. The molecule has 0 atom stereocenters. The molecular weight excluding hydrogens is 316 g/mol. The van der Waals surface area contributed by atoms with E-state index in [1.807, 2.05) is 67.1 Å². The molecule has 0 saturated heterocycles. The number of aryl methyl sites for hydroxylation is 1. The van der Waals surface area contributed by atoms with E-state index in [1.54, 1.807) is 7.11 Å². The van der Waals surface area contributed by atoms with Gasteiger partial charge in [0.15, 0.2) is 0 Å². The van der Waals surface area contributed by atoms with E-state index in [4.69, 9.17) is 9.47 Å². The zero-order valence-electron chi connectivity index (χ0n) is 14.7. The number of hydrogen-bond donors (Lipinski definition) is 1. The largest absolute Gasteiger partial charge is 0.495 e. The van der Waals surface area contributed by atoms with E-state index in [9.17, 15) is 4.79 Å². The van der Waals surface area contributed by atoms with Crippen molar-refractivity contribution in [2.24, 2.45) is 0 Å². The molecule has 0 radical (unpaired) electrons. The number of ether oxygens (including phenoxy) is 2. The van der Waals surface area contributed by atoms with Crippen LogP contribution in [0.5, 0.6) is 11.5 Å². The Balaban J connectivity index is 1.77. The van der Waals surface area contributed by atoms with Crippen LogP contribution in [0.3, 0.4) is 0 Å². The molecule has 3 rings (SSSR count). The van der Waals surface area contributed by atoms with Crippen LogP contribution in [0.15, 0.2) is 48.7 Å². The molecule has 25 heavy (non-hydrogen) atoms. The molecule has 0 fully saturated rings. The van der Waals surface area contributed by atoms with Crippen molar-refractivity contribution in [1.29, 1.82) is 0 Å². The van der Waals surface area contributed by atoms with Gasteiger partial charge in [-0.15, -0.1) is 0 Å². The summed E-state index contributed by atoms with van der Waals surface area (Å²) in [5, 5.41) is 3.98. The number of amides is 1. The average Bonchev–Trinajstić information content (AvgIpc) is 2.97. The fourth-order valence-corrected chi connectivity index (χ4v) is 2.84. The second-order valence-electron chi connectivity index (χ2n) is 5.85. The molecule has 1 N–H and O–H groups in total. The van der Waals surface area contributed by atoms with E-state index in [-0.39, 0.29) is 12.5 Å². The van der Waals surface area contributed by atoms with Gasteiger partial charge >= 0.3 is 0 Å². The predicted molar refractivity (Wildman–Crippen MR) is 99.5 cm³/mol. The van der Waals surface area contributed by atoms with E-state index in [1.165, 1.54) is 0 Å². The first-order valence-corrected chi connectivity index (χ1v) is 8.27. The first kappa shape index (κ1) is 16.9. The minimum Gasteiger partial charge on any atom is -0.495 e. The molecule has 0 aliphatic heterocycles. The number of carbonyl (C=O) groups excluding carboxylic acids is 1. The van der Waals surface area contributed by atoms with Crippen molar-refractivity contribution < 1.29 is 14.3 Å². The van der Waals surface area contributed by atoms with Crippen molar-refractivity contribution in [3.63, 3.8) is 0 Å². The second-order valence-corrected chi connectivity index (χ2v) is 5.85. The predicted octanol–water partition coefficient (Wildman–Crippen LogP) is 4.00. The van der Waals surface area contributed by atoms with Gasteiger partial charge in [-0.2, -0.15) is 0 Å². The van der Waals surface area contributed by atoms with E-state index in [0.29, 0.717) is 18.0 Å². The Morgan fingerprint density at radius 1 is 1.16 bits per heavy atom. The molecule has 0 aliphatic carbocycles. The van der Waals surface area contributed by atoms with Crippen LogP contribution in [0, 0.1) is 6.92 Å². The molecule has 2 aromatic carbocycles. The summed E-state index contributed by atoms with van der Waals surface area (Å²) in [5.74, 6) is 1.38. The lowest BCUT2D eigenvalue weighted by molar-refractivity contribution is -0.116. The van der Waals surface area contributed by atoms with Crippen molar-refractivity contribution >= 4 is 22.5 Å². The number of aromatic nitrogens is 1. The van der Waals surface area contributed by atoms with Crippen molar-refractivity contribution in [3.8, 4) is 11.5 Å². The van der Waals surface area contributed by atoms with E-state index in [0.717, 1.165) is 22.2 Å². The van der Waals surface area contributed by atoms with Crippen LogP contribution in [-0.4, -0.2) is 24.2 Å². The summed E-state index contributed by atoms with van der Waals surface area (Å²) < 4.78 is 12.7. The van der Waals surface area contributed by atoms with Crippen LogP contribution in [0.2, 0.25) is 0 Å². The molecule has 5 heteroatoms. The Morgan fingerprint density at radius 2 is 2.00 bits per heavy atom. The van der Waals surface area contributed by atoms with Gasteiger partial charge in [-0.3, -0.25) is 4.79 Å². The van der Waals surface area contributed by atoms with Gasteiger partial charge in [0.25, 0.3) is 0 Å². The van der Waals surface area contributed by atoms with Crippen LogP contribution in [0.1, 0.15) is 12.5 Å². The SMILES string of the molecule is CCOc1ccc2c(ccn2CC(=O)Nc2cc(C)ccc2OC)c1. The maximum absolute atomic E-state index is 12.5. The van der Waals surface area contributed by atoms with Crippen molar-refractivity contribution in [2.75, 3.05) is 19.0 Å². The van der Waals surface area contributed by atoms with E-state index in [2.05, 4.69) is 5.32 Å². The lowest BCUT2D eigenvalue weighted by atomic mass is 10.2. The third-order valence-corrected chi connectivity index (χ3v) is 4.00. The minimum absolute atomic E-state index is 0.102. The fourth-order valence-electron chi connectivity index (χ4n) is 2.84. The summed E-state index contributed by atoms with van der Waals surface area (Å²) in [7, 11) is 1.59. The minimum atomic E-state index is -0.102. The highest BCUT2D eigenvalue weighted by molar-refractivity contribution is 5.93. The number of anilines is 1. The molecule has 0 unspecified atom stereocenters. The smallest absolute Gasteiger partial charge is 0.244 e. The molecule has 1 heterocycles. The van der Waals surface area contributed by atoms with Gasteiger partial charge in [-0.25, -0.2) is 0 Å². The summed E-state index contributed by atoms with van der Waals surface area (Å²) >= 11 is 0. The number of nitrogens with zero attached hydrogens (tertiary/aromatic N) is 1. The zero-order chi connectivity index (χ0) is 17.8. The molecule has 0 aliphatic rings. The number of fused-ring (bicyclic) bond motifs is 1. The van der Waals surface area contributed by atoms with Crippen molar-refractivity contribution in [1.82, 2.24) is 4.57 Å². The molecule has 0 bridgehead atoms. The number of nitrogens with one attached hydrogen (secondary N) is 1. The Kier molecular flexibility index (Phi) is 4.93. The molecule has 1 amide bonds. The molecule has 0 saturated carbocycles. The summed E-state index contributed by atoms with van der Waals surface area (Å²) in [4.78, 5) is 12.5. The second kappa shape index (κ2) is 7.30. The number of hydrogen-bond acceptors (Lipinski definition) is 3. The first-order chi connectivity index (χ1) is 12.1. The van der Waals surface area contributed by atoms with Gasteiger partial charge in [-0.1, -0.05) is 6.07 Å². The highest BCUT2D eigenvalue weighted by atomic mass is 16.5. The Bertz CT molecular complexity index is 899. The van der Waals surface area contributed by atoms with E-state index < -0.39 is 0 Å². The van der Waals surface area contributed by atoms with Crippen LogP contribution < -0.4 is 14.8 Å². The lowest BCUT2D eigenvalue weighted by Crippen LogP contribution is -2.18. The van der Waals surface area contributed by atoms with Crippen LogP contribution in [0.4, 0.5) is 5.69 Å². The monoisotopic (exact) mass is 338 g/mol. The Hall–Kier alpha value is -2.95. The zero-order valence-corrected chi connectivity index (χ0v) is 14.7. The number of rotatable bonds is 6. The molecule has 5 nitrogen and oxygen atoms in total. The van der Waals surface area contributed by atoms with Gasteiger partial charge in [0.2, 0.25) is 5.91 Å². The molecular formula is C20H22N2O3. The molecule has 1 aromatic heterocycles. The standard InChI is InChI=1S/C20H22N2O3/c1-4-25-16-6-7-18-15(12-16)9-10-22(18)13-20(23)21-17-11-14(2)5-8-19(17)24-3/h5-12H,4,13H2,1-3H3,(H,21,23). The van der Waals surface area contributed by atoms with Gasteiger partial charge in [0.1, 0.15) is 18.0 Å². The lowest BCUT2D eigenvalue weighted by Gasteiger charge is -2.12. The van der Waals surface area contributed by atoms with Gasteiger partial charge in [0, 0.05) is 17.1 Å². The Morgan fingerprint density at radius 3 is 2.76 bits per heavy atom. The highest BCUT2D eigenvalue weighted by Crippen LogP contribution is 2.26. The van der Waals surface area contributed by atoms with Crippen LogP contribution >= 0.6 is 0 Å². The third kappa shape index (κ3) is 3.76. The topological polar surface area (TPSA) is 52.5 Å². The maximum Gasteiger partial charge on any atom is 0.244 e. The first-order valence-electron chi connectivity index (χ1n) is 8.27. The molecule has 0 spiro atoms.